The van der Waals surface area contributed by atoms with Gasteiger partial charge in [0, 0.05) is 44.1 Å². The SMILES string of the molecule is CC=CCCCC(=O)NC[C@H]1[C@H]2CN(c3ccccn3)C[C@]23CC[C@H]1O3. The fraction of sp³-hybridized carbons (Fsp3) is 0.619. The van der Waals surface area contributed by atoms with Crippen LogP contribution >= 0.6 is 0 Å². The summed E-state index contributed by atoms with van der Waals surface area (Å²) in [5.41, 5.74) is -0.0243. The van der Waals surface area contributed by atoms with Crippen molar-refractivity contribution in [3.63, 3.8) is 0 Å². The number of carbonyl (C=O) groups is 1. The molecule has 0 aromatic carbocycles. The fourth-order valence-electron chi connectivity index (χ4n) is 5.05. The summed E-state index contributed by atoms with van der Waals surface area (Å²) in [6.45, 7) is 4.67. The van der Waals surface area contributed by atoms with Gasteiger partial charge in [0.1, 0.15) is 5.82 Å². The third kappa shape index (κ3) is 3.25. The normalized spacial score (nSPS) is 32.3. The van der Waals surface area contributed by atoms with Crippen LogP contribution in [-0.4, -0.2) is 42.2 Å². The summed E-state index contributed by atoms with van der Waals surface area (Å²) in [4.78, 5) is 19.0. The summed E-state index contributed by atoms with van der Waals surface area (Å²) < 4.78 is 6.46. The number of hydrogen-bond acceptors (Lipinski definition) is 4. The molecule has 3 aliphatic rings. The van der Waals surface area contributed by atoms with Crippen molar-refractivity contribution in [2.45, 2.75) is 50.7 Å². The van der Waals surface area contributed by atoms with E-state index in [0.29, 0.717) is 24.4 Å². The van der Waals surface area contributed by atoms with Crippen molar-refractivity contribution in [1.82, 2.24) is 10.3 Å². The molecule has 5 heteroatoms. The van der Waals surface area contributed by atoms with Crippen molar-refractivity contribution in [2.75, 3.05) is 24.5 Å². The van der Waals surface area contributed by atoms with Crippen molar-refractivity contribution in [3.8, 4) is 0 Å². The van der Waals surface area contributed by atoms with E-state index in [2.05, 4.69) is 27.3 Å². The smallest absolute Gasteiger partial charge is 0.220 e. The number of unbranched alkanes of at least 4 members (excludes halogenated alkanes) is 1. The Morgan fingerprint density at radius 2 is 2.42 bits per heavy atom. The molecule has 0 unspecified atom stereocenters. The summed E-state index contributed by atoms with van der Waals surface area (Å²) >= 11 is 0. The predicted molar refractivity (Wildman–Crippen MR) is 102 cm³/mol. The Morgan fingerprint density at radius 1 is 1.50 bits per heavy atom. The van der Waals surface area contributed by atoms with Crippen LogP contribution in [0.5, 0.6) is 0 Å². The zero-order chi connectivity index (χ0) is 18.0. The van der Waals surface area contributed by atoms with Crippen molar-refractivity contribution in [1.29, 1.82) is 0 Å². The molecular formula is C21H29N3O2. The second-order valence-electron chi connectivity index (χ2n) is 7.86. The average Bonchev–Trinajstić information content (AvgIpc) is 3.33. The standard InChI is InChI=1S/C21H29N3O2/c1-2-3-4-5-9-20(25)23-13-16-17-14-24(19-8-6-7-12-22-19)15-21(17)11-10-18(16)26-21/h2-3,6-8,12,16-18H,4-5,9-11,13-15H2,1H3,(H,23,25)/t16-,17+,18+,21+/m0/s1. The van der Waals surface area contributed by atoms with E-state index in [1.165, 1.54) is 0 Å². The molecule has 4 rings (SSSR count). The number of fused-ring (bicyclic) bond motifs is 1. The van der Waals surface area contributed by atoms with Crippen LogP contribution in [0.15, 0.2) is 36.5 Å². The van der Waals surface area contributed by atoms with Gasteiger partial charge in [-0.2, -0.15) is 0 Å². The van der Waals surface area contributed by atoms with Gasteiger partial charge in [0.2, 0.25) is 5.91 Å². The molecule has 0 aliphatic carbocycles. The Kier molecular flexibility index (Phi) is 4.98. The highest BCUT2D eigenvalue weighted by Crippen LogP contribution is 2.55. The van der Waals surface area contributed by atoms with Crippen LogP contribution in [-0.2, 0) is 9.53 Å². The van der Waals surface area contributed by atoms with E-state index in [4.69, 9.17) is 4.74 Å². The van der Waals surface area contributed by atoms with Crippen molar-refractivity contribution >= 4 is 11.7 Å². The van der Waals surface area contributed by atoms with Gasteiger partial charge in [-0.15, -0.1) is 0 Å². The van der Waals surface area contributed by atoms with Crippen LogP contribution in [0, 0.1) is 11.8 Å². The Bertz CT molecular complexity index is 662. The number of allylic oxidation sites excluding steroid dienone is 2. The number of amides is 1. The zero-order valence-corrected chi connectivity index (χ0v) is 15.6. The quantitative estimate of drug-likeness (QED) is 0.604. The largest absolute Gasteiger partial charge is 0.369 e. The lowest BCUT2D eigenvalue weighted by Crippen LogP contribution is -2.41. The molecule has 1 aromatic heterocycles. The van der Waals surface area contributed by atoms with Crippen LogP contribution in [0.1, 0.15) is 39.0 Å². The summed E-state index contributed by atoms with van der Waals surface area (Å²) in [5.74, 6) is 2.13. The molecule has 3 fully saturated rings. The molecule has 1 spiro atoms. The van der Waals surface area contributed by atoms with Gasteiger partial charge >= 0.3 is 0 Å². The number of anilines is 1. The lowest BCUT2D eigenvalue weighted by atomic mass is 9.73. The van der Waals surface area contributed by atoms with E-state index in [1.807, 2.05) is 31.3 Å². The fourth-order valence-corrected chi connectivity index (χ4v) is 5.05. The molecule has 0 radical (unpaired) electrons. The second kappa shape index (κ2) is 7.39. The molecule has 1 N–H and O–H groups in total. The first-order chi connectivity index (χ1) is 12.7. The first kappa shape index (κ1) is 17.5. The summed E-state index contributed by atoms with van der Waals surface area (Å²) in [6, 6.07) is 6.07. The number of nitrogens with zero attached hydrogens (tertiary/aromatic N) is 2. The number of rotatable bonds is 7. The number of pyridine rings is 1. The van der Waals surface area contributed by atoms with E-state index < -0.39 is 0 Å². The summed E-state index contributed by atoms with van der Waals surface area (Å²) in [7, 11) is 0. The molecule has 5 nitrogen and oxygen atoms in total. The monoisotopic (exact) mass is 355 g/mol. The number of nitrogens with one attached hydrogen (secondary N) is 1. The molecular weight excluding hydrogens is 326 g/mol. The highest BCUT2D eigenvalue weighted by Gasteiger charge is 2.63. The third-order valence-electron chi connectivity index (χ3n) is 6.30. The van der Waals surface area contributed by atoms with Gasteiger partial charge in [-0.1, -0.05) is 18.2 Å². The highest BCUT2D eigenvalue weighted by atomic mass is 16.5. The molecule has 3 saturated heterocycles. The van der Waals surface area contributed by atoms with Crippen molar-refractivity contribution < 1.29 is 9.53 Å². The Labute approximate surface area is 155 Å². The maximum atomic E-state index is 12.1. The number of aromatic nitrogens is 1. The molecule has 0 saturated carbocycles. The zero-order valence-electron chi connectivity index (χ0n) is 15.6. The molecule has 4 atom stereocenters. The number of ether oxygens (including phenoxy) is 1. The molecule has 1 amide bonds. The van der Waals surface area contributed by atoms with Crippen molar-refractivity contribution in [3.05, 3.63) is 36.5 Å². The Balaban J connectivity index is 1.34. The molecule has 2 bridgehead atoms. The predicted octanol–water partition coefficient (Wildman–Crippen LogP) is 2.93. The number of carbonyl (C=O) groups excluding carboxylic acids is 1. The van der Waals surface area contributed by atoms with Crippen molar-refractivity contribution in [2.24, 2.45) is 11.8 Å². The Morgan fingerprint density at radius 3 is 3.23 bits per heavy atom. The molecule has 1 aromatic rings. The molecule has 4 heterocycles. The topological polar surface area (TPSA) is 54.5 Å². The lowest BCUT2D eigenvalue weighted by Gasteiger charge is -2.29. The first-order valence-corrected chi connectivity index (χ1v) is 9.93. The summed E-state index contributed by atoms with van der Waals surface area (Å²) in [6.07, 6.45) is 11.1. The maximum Gasteiger partial charge on any atom is 0.220 e. The third-order valence-corrected chi connectivity index (χ3v) is 6.30. The molecule has 3 aliphatic heterocycles. The van der Waals surface area contributed by atoms with E-state index >= 15 is 0 Å². The van der Waals surface area contributed by atoms with Gasteiger partial charge in [0.05, 0.1) is 11.7 Å². The second-order valence-corrected chi connectivity index (χ2v) is 7.86. The molecule has 140 valence electrons. The van der Waals surface area contributed by atoms with Gasteiger partial charge in [0.25, 0.3) is 0 Å². The van der Waals surface area contributed by atoms with E-state index in [-0.39, 0.29) is 11.5 Å². The van der Waals surface area contributed by atoms with Crippen LogP contribution < -0.4 is 10.2 Å². The van der Waals surface area contributed by atoms with E-state index in [1.54, 1.807) is 0 Å². The van der Waals surface area contributed by atoms with Crippen LogP contribution in [0.2, 0.25) is 0 Å². The highest BCUT2D eigenvalue weighted by molar-refractivity contribution is 5.75. The average molecular weight is 355 g/mol. The summed E-state index contributed by atoms with van der Waals surface area (Å²) in [5, 5.41) is 3.17. The first-order valence-electron chi connectivity index (χ1n) is 9.93. The van der Waals surface area contributed by atoms with Crippen LogP contribution in [0.25, 0.3) is 0 Å². The van der Waals surface area contributed by atoms with E-state index in [9.17, 15) is 4.79 Å². The van der Waals surface area contributed by atoms with Crippen LogP contribution in [0.3, 0.4) is 0 Å². The minimum absolute atomic E-state index is 0.0243. The number of hydrogen-bond donors (Lipinski definition) is 1. The Hall–Kier alpha value is -1.88. The minimum atomic E-state index is -0.0243. The lowest BCUT2D eigenvalue weighted by molar-refractivity contribution is -0.121. The van der Waals surface area contributed by atoms with Gasteiger partial charge in [-0.05, 0) is 44.7 Å². The minimum Gasteiger partial charge on any atom is -0.369 e. The maximum absolute atomic E-state index is 12.1. The van der Waals surface area contributed by atoms with Crippen LogP contribution in [0.4, 0.5) is 5.82 Å². The van der Waals surface area contributed by atoms with E-state index in [0.717, 1.165) is 51.1 Å². The molecule has 26 heavy (non-hydrogen) atoms. The van der Waals surface area contributed by atoms with Gasteiger partial charge in [-0.3, -0.25) is 4.79 Å². The van der Waals surface area contributed by atoms with Gasteiger partial charge in [-0.25, -0.2) is 4.98 Å². The van der Waals surface area contributed by atoms with Gasteiger partial charge in [0.15, 0.2) is 0 Å². The van der Waals surface area contributed by atoms with Gasteiger partial charge < -0.3 is 15.0 Å².